The van der Waals surface area contributed by atoms with E-state index in [-0.39, 0.29) is 17.4 Å². The van der Waals surface area contributed by atoms with Gasteiger partial charge in [-0.2, -0.15) is 10.5 Å². The molecular formula is C24H20N2O. The van der Waals surface area contributed by atoms with E-state index in [2.05, 4.69) is 12.1 Å². The monoisotopic (exact) mass is 352 g/mol. The molecule has 1 aliphatic carbocycles. The maximum absolute atomic E-state index is 11.4. The number of allylic oxidation sites excluding steroid dienone is 4. The summed E-state index contributed by atoms with van der Waals surface area (Å²) in [6, 6.07) is 24.0. The lowest BCUT2D eigenvalue weighted by Gasteiger charge is -2.32. The molecule has 0 spiro atoms. The number of carbonyl (C=O) groups is 1. The highest BCUT2D eigenvalue weighted by molar-refractivity contribution is 5.71. The van der Waals surface area contributed by atoms with Crippen LogP contribution in [0.25, 0.3) is 5.57 Å². The molecule has 0 amide bonds. The first kappa shape index (κ1) is 18.4. The average molecular weight is 352 g/mol. The molecule has 2 atom stereocenters. The molecule has 0 saturated carbocycles. The summed E-state index contributed by atoms with van der Waals surface area (Å²) in [6.45, 7) is 0. The van der Waals surface area contributed by atoms with Crippen LogP contribution in [-0.2, 0) is 4.79 Å². The van der Waals surface area contributed by atoms with Gasteiger partial charge in [0.2, 0.25) is 0 Å². The largest absolute Gasteiger partial charge is 0.303 e. The van der Waals surface area contributed by atoms with Crippen LogP contribution in [0.4, 0.5) is 0 Å². The molecule has 2 aromatic rings. The van der Waals surface area contributed by atoms with Crippen LogP contribution >= 0.6 is 0 Å². The maximum Gasteiger partial charge on any atom is 0.133 e. The van der Waals surface area contributed by atoms with Gasteiger partial charge in [-0.05, 0) is 47.0 Å². The summed E-state index contributed by atoms with van der Waals surface area (Å²) in [6.07, 6.45) is 4.95. The Hall–Kier alpha value is -3.43. The minimum atomic E-state index is -0.0380. The average Bonchev–Trinajstić information content (AvgIpc) is 2.74. The second-order valence-electron chi connectivity index (χ2n) is 6.65. The highest BCUT2D eigenvalue weighted by atomic mass is 16.1. The van der Waals surface area contributed by atoms with Gasteiger partial charge in [0.1, 0.15) is 24.0 Å². The lowest BCUT2D eigenvalue weighted by atomic mass is 9.71. The summed E-state index contributed by atoms with van der Waals surface area (Å²) < 4.78 is 0. The third kappa shape index (κ3) is 4.05. The van der Waals surface area contributed by atoms with Crippen LogP contribution in [0.3, 0.4) is 0 Å². The number of nitriles is 2. The minimum absolute atomic E-state index is 0.0284. The van der Waals surface area contributed by atoms with Crippen molar-refractivity contribution in [1.82, 2.24) is 0 Å². The molecule has 3 heteroatoms. The van der Waals surface area contributed by atoms with Gasteiger partial charge in [-0.15, -0.1) is 0 Å². The van der Waals surface area contributed by atoms with Gasteiger partial charge in [0.05, 0.1) is 0 Å². The van der Waals surface area contributed by atoms with Gasteiger partial charge in [0.15, 0.2) is 0 Å². The predicted molar refractivity (Wildman–Crippen MR) is 105 cm³/mol. The van der Waals surface area contributed by atoms with Crippen LogP contribution < -0.4 is 0 Å². The highest BCUT2D eigenvalue weighted by Crippen LogP contribution is 2.43. The molecule has 0 aromatic heterocycles. The van der Waals surface area contributed by atoms with E-state index in [0.29, 0.717) is 6.42 Å². The molecule has 1 aliphatic rings. The first-order valence-corrected chi connectivity index (χ1v) is 9.07. The van der Waals surface area contributed by atoms with E-state index in [1.54, 1.807) is 0 Å². The maximum atomic E-state index is 11.4. The van der Waals surface area contributed by atoms with E-state index in [4.69, 9.17) is 0 Å². The van der Waals surface area contributed by atoms with E-state index >= 15 is 0 Å². The highest BCUT2D eigenvalue weighted by Gasteiger charge is 2.30. The van der Waals surface area contributed by atoms with Crippen LogP contribution in [-0.4, -0.2) is 6.29 Å². The van der Waals surface area contributed by atoms with Gasteiger partial charge in [-0.25, -0.2) is 0 Å². The standard InChI is InChI=1S/C24H20N2O/c25-16-21(17-26)24-15-20(18-7-3-1-4-8-18)11-12-23(24)22(13-14-27)19-9-5-2-6-10-19/h1-10,14-15,22-23H,11-13H2. The zero-order chi connectivity index (χ0) is 19.1. The normalized spacial score (nSPS) is 17.2. The molecule has 0 saturated heterocycles. The summed E-state index contributed by atoms with van der Waals surface area (Å²) in [7, 11) is 0. The molecular weight excluding hydrogens is 332 g/mol. The fourth-order valence-corrected chi connectivity index (χ4v) is 3.88. The van der Waals surface area contributed by atoms with Crippen molar-refractivity contribution in [2.45, 2.75) is 25.2 Å². The Bertz CT molecular complexity index is 927. The summed E-state index contributed by atoms with van der Waals surface area (Å²) in [4.78, 5) is 11.4. The van der Waals surface area contributed by atoms with Gasteiger partial charge in [-0.3, -0.25) is 0 Å². The number of hydrogen-bond acceptors (Lipinski definition) is 3. The molecule has 0 heterocycles. The molecule has 3 nitrogen and oxygen atoms in total. The van der Waals surface area contributed by atoms with Crippen LogP contribution in [0, 0.1) is 28.6 Å². The van der Waals surface area contributed by atoms with E-state index in [0.717, 1.165) is 41.4 Å². The third-order valence-corrected chi connectivity index (χ3v) is 5.17. The molecule has 0 aliphatic heterocycles. The number of nitrogens with zero attached hydrogens (tertiary/aromatic N) is 2. The van der Waals surface area contributed by atoms with Crippen molar-refractivity contribution in [2.24, 2.45) is 5.92 Å². The zero-order valence-electron chi connectivity index (χ0n) is 15.0. The van der Waals surface area contributed by atoms with Crippen molar-refractivity contribution in [2.75, 3.05) is 0 Å². The molecule has 0 fully saturated rings. The second-order valence-corrected chi connectivity index (χ2v) is 6.65. The van der Waals surface area contributed by atoms with Gasteiger partial charge in [-0.1, -0.05) is 66.7 Å². The first-order valence-electron chi connectivity index (χ1n) is 9.07. The first-order chi connectivity index (χ1) is 13.3. The van der Waals surface area contributed by atoms with E-state index in [9.17, 15) is 15.3 Å². The molecule has 0 N–H and O–H groups in total. The second kappa shape index (κ2) is 8.79. The lowest BCUT2D eigenvalue weighted by Crippen LogP contribution is -2.20. The quantitative estimate of drug-likeness (QED) is 0.549. The van der Waals surface area contributed by atoms with Crippen LogP contribution in [0.1, 0.15) is 36.3 Å². The predicted octanol–water partition coefficient (Wildman–Crippen LogP) is 5.20. The Morgan fingerprint density at radius 3 is 2.26 bits per heavy atom. The van der Waals surface area contributed by atoms with Crippen LogP contribution in [0.2, 0.25) is 0 Å². The van der Waals surface area contributed by atoms with Gasteiger partial charge in [0.25, 0.3) is 0 Å². The third-order valence-electron chi connectivity index (χ3n) is 5.17. The fraction of sp³-hybridized carbons (Fsp3) is 0.208. The molecule has 2 unspecified atom stereocenters. The van der Waals surface area contributed by atoms with Crippen molar-refractivity contribution in [1.29, 1.82) is 10.5 Å². The fourth-order valence-electron chi connectivity index (χ4n) is 3.88. The number of benzene rings is 2. The number of rotatable bonds is 5. The molecule has 0 bridgehead atoms. The van der Waals surface area contributed by atoms with Crippen LogP contribution in [0.5, 0.6) is 0 Å². The Morgan fingerprint density at radius 1 is 1.04 bits per heavy atom. The summed E-state index contributed by atoms with van der Waals surface area (Å²) in [5.74, 6) is -0.0664. The molecule has 3 rings (SSSR count). The van der Waals surface area contributed by atoms with Crippen molar-refractivity contribution in [3.8, 4) is 12.1 Å². The van der Waals surface area contributed by atoms with Crippen molar-refractivity contribution in [3.63, 3.8) is 0 Å². The van der Waals surface area contributed by atoms with Gasteiger partial charge < -0.3 is 4.79 Å². The van der Waals surface area contributed by atoms with Crippen molar-refractivity contribution >= 4 is 11.9 Å². The molecule has 2 aromatic carbocycles. The van der Waals surface area contributed by atoms with E-state index in [1.165, 1.54) is 0 Å². The van der Waals surface area contributed by atoms with Gasteiger partial charge >= 0.3 is 0 Å². The molecule has 132 valence electrons. The van der Waals surface area contributed by atoms with Crippen molar-refractivity contribution < 1.29 is 4.79 Å². The minimum Gasteiger partial charge on any atom is -0.303 e. The van der Waals surface area contributed by atoms with Gasteiger partial charge in [0, 0.05) is 6.42 Å². The molecule has 0 radical (unpaired) electrons. The Balaban J connectivity index is 2.09. The lowest BCUT2D eigenvalue weighted by molar-refractivity contribution is -0.108. The zero-order valence-corrected chi connectivity index (χ0v) is 15.0. The Morgan fingerprint density at radius 2 is 1.67 bits per heavy atom. The Kier molecular flexibility index (Phi) is 5.98. The van der Waals surface area contributed by atoms with Crippen LogP contribution in [0.15, 0.2) is 77.9 Å². The smallest absolute Gasteiger partial charge is 0.133 e. The summed E-state index contributed by atoms with van der Waals surface area (Å²) >= 11 is 0. The number of carbonyl (C=O) groups excluding carboxylic acids is 1. The number of aldehydes is 1. The summed E-state index contributed by atoms with van der Waals surface area (Å²) in [5.41, 5.74) is 4.19. The molecule has 27 heavy (non-hydrogen) atoms. The van der Waals surface area contributed by atoms with E-state index < -0.39 is 0 Å². The van der Waals surface area contributed by atoms with Crippen molar-refractivity contribution in [3.05, 3.63) is 89.0 Å². The Labute approximate surface area is 159 Å². The van der Waals surface area contributed by atoms with E-state index in [1.807, 2.05) is 66.7 Å². The summed E-state index contributed by atoms with van der Waals surface area (Å²) in [5, 5.41) is 19.0. The topological polar surface area (TPSA) is 64.7 Å². The SMILES string of the molecule is N#CC(C#N)=C1C=C(c2ccccc2)CCC1C(CC=O)c1ccccc1. The number of hydrogen-bond donors (Lipinski definition) is 0.